The number of nitrogens with one attached hydrogen (secondary N) is 1. The summed E-state index contributed by atoms with van der Waals surface area (Å²) in [6.07, 6.45) is 2.57. The molecule has 2 amide bonds. The molecule has 2 saturated heterocycles. The minimum Gasteiger partial charge on any atom is -0.497 e. The first-order valence-corrected chi connectivity index (χ1v) is 10.5. The quantitative estimate of drug-likeness (QED) is 0.798. The average Bonchev–Trinajstić information content (AvgIpc) is 2.79. The molecule has 0 aliphatic carbocycles. The summed E-state index contributed by atoms with van der Waals surface area (Å²) in [6, 6.07) is 17.9. The number of hydrogen-bond donors (Lipinski definition) is 1. The average molecular weight is 408 g/mol. The highest BCUT2D eigenvalue weighted by Crippen LogP contribution is 2.37. The van der Waals surface area contributed by atoms with Gasteiger partial charge < -0.3 is 19.7 Å². The Bertz CT molecular complexity index is 884. The lowest BCUT2D eigenvalue weighted by atomic mass is 9.77. The van der Waals surface area contributed by atoms with E-state index in [-0.39, 0.29) is 24.5 Å². The summed E-state index contributed by atoms with van der Waals surface area (Å²) in [7, 11) is 1.65. The van der Waals surface area contributed by atoms with Gasteiger partial charge in [-0.2, -0.15) is 0 Å². The highest BCUT2D eigenvalue weighted by molar-refractivity contribution is 5.80. The number of fused-ring (bicyclic) bond motifs is 1. The summed E-state index contributed by atoms with van der Waals surface area (Å²) in [4.78, 5) is 26.8. The zero-order valence-corrected chi connectivity index (χ0v) is 17.3. The molecule has 2 fully saturated rings. The highest BCUT2D eigenvalue weighted by atomic mass is 16.5. The number of piperidine rings is 1. The van der Waals surface area contributed by atoms with Crippen molar-refractivity contribution in [2.24, 2.45) is 0 Å². The Morgan fingerprint density at radius 2 is 1.97 bits per heavy atom. The van der Waals surface area contributed by atoms with E-state index in [9.17, 15) is 9.59 Å². The molecule has 2 atom stereocenters. The van der Waals surface area contributed by atoms with Crippen LogP contribution in [0.1, 0.15) is 30.4 Å². The number of amides is 2. The molecule has 2 aromatic carbocycles. The van der Waals surface area contributed by atoms with E-state index in [2.05, 4.69) is 5.32 Å². The Morgan fingerprint density at radius 3 is 2.70 bits per heavy atom. The van der Waals surface area contributed by atoms with Gasteiger partial charge in [0.15, 0.2) is 0 Å². The van der Waals surface area contributed by atoms with Crippen molar-refractivity contribution in [3.8, 4) is 5.75 Å². The van der Waals surface area contributed by atoms with Gasteiger partial charge in [-0.25, -0.2) is 0 Å². The lowest BCUT2D eigenvalue weighted by Crippen LogP contribution is -2.67. The molecule has 2 aliphatic heterocycles. The summed E-state index contributed by atoms with van der Waals surface area (Å²) >= 11 is 0. The number of rotatable bonds is 6. The zero-order valence-electron chi connectivity index (χ0n) is 17.3. The molecule has 0 spiro atoms. The monoisotopic (exact) mass is 408 g/mol. The second-order valence-electron chi connectivity index (χ2n) is 7.98. The van der Waals surface area contributed by atoms with Gasteiger partial charge in [0.25, 0.3) is 0 Å². The SMILES string of the molecule is COc1ccc(CCCC(=O)N2CC[C@@]3(c4ccccc4)NC(=O)CO[C@@H]3C2)cc1. The molecular formula is C24H28N2O4. The number of morpholine rings is 1. The van der Waals surface area contributed by atoms with Gasteiger partial charge in [-0.15, -0.1) is 0 Å². The third kappa shape index (κ3) is 4.19. The third-order valence-electron chi connectivity index (χ3n) is 6.15. The number of methoxy groups -OCH3 is 1. The van der Waals surface area contributed by atoms with Crippen molar-refractivity contribution in [1.82, 2.24) is 10.2 Å². The van der Waals surface area contributed by atoms with Gasteiger partial charge in [0, 0.05) is 19.5 Å². The molecule has 0 radical (unpaired) electrons. The summed E-state index contributed by atoms with van der Waals surface area (Å²) in [5.74, 6) is 0.879. The van der Waals surface area contributed by atoms with Gasteiger partial charge in [-0.05, 0) is 42.5 Å². The Hall–Kier alpha value is -2.86. The van der Waals surface area contributed by atoms with Crippen LogP contribution >= 0.6 is 0 Å². The van der Waals surface area contributed by atoms with Gasteiger partial charge >= 0.3 is 0 Å². The molecule has 6 nitrogen and oxygen atoms in total. The number of carbonyl (C=O) groups is 2. The molecule has 158 valence electrons. The van der Waals surface area contributed by atoms with Crippen LogP contribution in [0.15, 0.2) is 54.6 Å². The summed E-state index contributed by atoms with van der Waals surface area (Å²) in [6.45, 7) is 1.14. The highest BCUT2D eigenvalue weighted by Gasteiger charge is 2.49. The molecule has 0 bridgehead atoms. The number of aryl methyl sites for hydroxylation is 1. The molecule has 4 rings (SSSR count). The van der Waals surface area contributed by atoms with Crippen LogP contribution < -0.4 is 10.1 Å². The van der Waals surface area contributed by atoms with Crippen molar-refractivity contribution in [1.29, 1.82) is 0 Å². The summed E-state index contributed by atoms with van der Waals surface area (Å²) in [5.41, 5.74) is 1.68. The molecule has 0 saturated carbocycles. The smallest absolute Gasteiger partial charge is 0.246 e. The Balaban J connectivity index is 1.36. The maximum atomic E-state index is 12.8. The maximum absolute atomic E-state index is 12.8. The molecule has 2 heterocycles. The molecule has 6 heteroatoms. The van der Waals surface area contributed by atoms with E-state index in [1.165, 1.54) is 5.56 Å². The van der Waals surface area contributed by atoms with Crippen LogP contribution in [0.4, 0.5) is 0 Å². The van der Waals surface area contributed by atoms with Crippen LogP contribution in [0.2, 0.25) is 0 Å². The van der Waals surface area contributed by atoms with E-state index in [4.69, 9.17) is 9.47 Å². The molecule has 2 aromatic rings. The second-order valence-corrected chi connectivity index (χ2v) is 7.98. The van der Waals surface area contributed by atoms with Crippen LogP contribution in [-0.4, -0.2) is 49.6 Å². The number of ether oxygens (including phenoxy) is 2. The maximum Gasteiger partial charge on any atom is 0.246 e. The fourth-order valence-electron chi connectivity index (χ4n) is 4.48. The number of benzene rings is 2. The van der Waals surface area contributed by atoms with E-state index < -0.39 is 5.54 Å². The predicted molar refractivity (Wildman–Crippen MR) is 113 cm³/mol. The normalized spacial score (nSPS) is 23.4. The van der Waals surface area contributed by atoms with E-state index >= 15 is 0 Å². The van der Waals surface area contributed by atoms with Crippen LogP contribution in [0, 0.1) is 0 Å². The topological polar surface area (TPSA) is 67.9 Å². The van der Waals surface area contributed by atoms with Crippen LogP contribution in [0.3, 0.4) is 0 Å². The van der Waals surface area contributed by atoms with Crippen molar-refractivity contribution < 1.29 is 19.1 Å². The van der Waals surface area contributed by atoms with Crippen molar-refractivity contribution in [3.63, 3.8) is 0 Å². The summed E-state index contributed by atoms with van der Waals surface area (Å²) < 4.78 is 11.1. The van der Waals surface area contributed by atoms with Gasteiger partial charge in [-0.1, -0.05) is 42.5 Å². The van der Waals surface area contributed by atoms with Crippen molar-refractivity contribution in [2.45, 2.75) is 37.3 Å². The summed E-state index contributed by atoms with van der Waals surface area (Å²) in [5, 5.41) is 3.17. The van der Waals surface area contributed by atoms with Crippen LogP contribution in [-0.2, 0) is 26.3 Å². The van der Waals surface area contributed by atoms with E-state index in [0.717, 1.165) is 24.2 Å². The molecule has 0 unspecified atom stereocenters. The molecule has 2 aliphatic rings. The number of hydrogen-bond acceptors (Lipinski definition) is 4. The molecule has 0 aromatic heterocycles. The standard InChI is InChI=1S/C24H28N2O4/c1-29-20-12-10-18(11-13-20)6-5-9-23(28)26-15-14-24(19-7-3-2-4-8-19)21(16-26)30-17-22(27)25-24/h2-4,7-8,10-13,21H,5-6,9,14-17H2,1H3,(H,25,27)/t21-,24+/m1/s1. The molecule has 30 heavy (non-hydrogen) atoms. The van der Waals surface area contributed by atoms with Crippen LogP contribution in [0.25, 0.3) is 0 Å². The minimum atomic E-state index is -0.559. The predicted octanol–water partition coefficient (Wildman–Crippen LogP) is 2.66. The Kier molecular flexibility index (Phi) is 6.04. The minimum absolute atomic E-state index is 0.0404. The van der Waals surface area contributed by atoms with Crippen LogP contribution in [0.5, 0.6) is 5.75 Å². The zero-order chi connectivity index (χ0) is 21.0. The first-order valence-electron chi connectivity index (χ1n) is 10.5. The van der Waals surface area contributed by atoms with Crippen molar-refractivity contribution in [2.75, 3.05) is 26.8 Å². The third-order valence-corrected chi connectivity index (χ3v) is 6.15. The first kappa shape index (κ1) is 20.4. The van der Waals surface area contributed by atoms with E-state index in [1.807, 2.05) is 59.5 Å². The number of carbonyl (C=O) groups excluding carboxylic acids is 2. The fraction of sp³-hybridized carbons (Fsp3) is 0.417. The number of likely N-dealkylation sites (tertiary alicyclic amines) is 1. The number of nitrogens with zero attached hydrogens (tertiary/aromatic N) is 1. The van der Waals surface area contributed by atoms with Gasteiger partial charge in [0.05, 0.1) is 12.6 Å². The van der Waals surface area contributed by atoms with Crippen molar-refractivity contribution >= 4 is 11.8 Å². The Morgan fingerprint density at radius 1 is 1.20 bits per heavy atom. The second kappa shape index (κ2) is 8.88. The van der Waals surface area contributed by atoms with Gasteiger partial charge in [-0.3, -0.25) is 9.59 Å². The van der Waals surface area contributed by atoms with Gasteiger partial charge in [0.1, 0.15) is 18.5 Å². The lowest BCUT2D eigenvalue weighted by Gasteiger charge is -2.50. The van der Waals surface area contributed by atoms with Gasteiger partial charge in [0.2, 0.25) is 11.8 Å². The largest absolute Gasteiger partial charge is 0.497 e. The molecule has 1 N–H and O–H groups in total. The fourth-order valence-corrected chi connectivity index (χ4v) is 4.48. The Labute approximate surface area is 177 Å². The van der Waals surface area contributed by atoms with Crippen molar-refractivity contribution in [3.05, 3.63) is 65.7 Å². The lowest BCUT2D eigenvalue weighted by molar-refractivity contribution is -0.157. The van der Waals surface area contributed by atoms with E-state index in [1.54, 1.807) is 7.11 Å². The first-order chi connectivity index (χ1) is 14.6. The van der Waals surface area contributed by atoms with E-state index in [0.29, 0.717) is 25.9 Å². The molecular weight excluding hydrogens is 380 g/mol.